The zero-order valence-electron chi connectivity index (χ0n) is 32.8. The Morgan fingerprint density at radius 1 is 0.810 bits per heavy atom. The lowest BCUT2D eigenvalue weighted by Gasteiger charge is -2.35. The third-order valence-corrected chi connectivity index (χ3v) is 11.5. The smallest absolute Gasteiger partial charge is 0.253 e. The van der Waals surface area contributed by atoms with Crippen LogP contribution in [0, 0.1) is 5.92 Å². The number of amides is 3. The Labute approximate surface area is 341 Å². The molecular formula is C44H46N6O7S. The van der Waals surface area contributed by atoms with E-state index < -0.39 is 12.0 Å². The summed E-state index contributed by atoms with van der Waals surface area (Å²) in [5.74, 6) is 1.46. The predicted molar refractivity (Wildman–Crippen MR) is 224 cm³/mol. The van der Waals surface area contributed by atoms with Gasteiger partial charge in [-0.25, -0.2) is 4.98 Å². The number of likely N-dealkylation sites (tertiary alicyclic amines) is 1. The highest BCUT2D eigenvalue weighted by atomic mass is 32.2. The average Bonchev–Trinajstić information content (AvgIpc) is 3.78. The molecule has 7 rings (SSSR count). The summed E-state index contributed by atoms with van der Waals surface area (Å²) in [6, 6.07) is 28.8. The molecule has 0 saturated carbocycles. The summed E-state index contributed by atoms with van der Waals surface area (Å²) in [5, 5.41) is 3.46. The molecule has 3 amide bonds. The molecule has 0 bridgehead atoms. The van der Waals surface area contributed by atoms with Gasteiger partial charge < -0.3 is 34.2 Å². The SMILES string of the molecule is COc1cc2nc(N3CCN(C(=O)c4ccc(OCc5ccccc5)cc4)CC3)nc(NC(=O)C3CCCN3C(=O)C(C)CSC(=O)c3ccccc3)c2cc1OC. The molecule has 3 heterocycles. The van der Waals surface area contributed by atoms with Crippen LogP contribution < -0.4 is 24.4 Å². The van der Waals surface area contributed by atoms with Crippen molar-refractivity contribution in [2.75, 3.05) is 62.9 Å². The Kier molecular flexibility index (Phi) is 12.7. The summed E-state index contributed by atoms with van der Waals surface area (Å²) < 4.78 is 17.0. The number of benzene rings is 4. The summed E-state index contributed by atoms with van der Waals surface area (Å²) in [4.78, 5) is 69.0. The zero-order valence-corrected chi connectivity index (χ0v) is 33.6. The number of nitrogens with zero attached hydrogens (tertiary/aromatic N) is 5. The van der Waals surface area contributed by atoms with Gasteiger partial charge in [-0.3, -0.25) is 19.2 Å². The van der Waals surface area contributed by atoms with Crippen LogP contribution in [0.15, 0.2) is 97.1 Å². The third kappa shape index (κ3) is 9.18. The van der Waals surface area contributed by atoms with Gasteiger partial charge in [0.15, 0.2) is 11.5 Å². The van der Waals surface area contributed by atoms with Crippen molar-refractivity contribution in [1.29, 1.82) is 0 Å². The summed E-state index contributed by atoms with van der Waals surface area (Å²) in [6.45, 7) is 4.47. The fourth-order valence-electron chi connectivity index (χ4n) is 7.12. The minimum absolute atomic E-state index is 0.0788. The number of hydrogen-bond donors (Lipinski definition) is 1. The first kappa shape index (κ1) is 40.1. The van der Waals surface area contributed by atoms with Crippen molar-refractivity contribution in [1.82, 2.24) is 19.8 Å². The van der Waals surface area contributed by atoms with Crippen LogP contribution in [0.2, 0.25) is 0 Å². The van der Waals surface area contributed by atoms with Crippen molar-refractivity contribution in [3.63, 3.8) is 0 Å². The van der Waals surface area contributed by atoms with E-state index in [1.54, 1.807) is 72.4 Å². The molecule has 58 heavy (non-hydrogen) atoms. The van der Waals surface area contributed by atoms with Crippen LogP contribution in [-0.2, 0) is 16.2 Å². The van der Waals surface area contributed by atoms with Crippen molar-refractivity contribution >= 4 is 57.3 Å². The lowest BCUT2D eigenvalue weighted by Crippen LogP contribution is -2.49. The maximum absolute atomic E-state index is 14.0. The second-order valence-electron chi connectivity index (χ2n) is 14.2. The van der Waals surface area contributed by atoms with Gasteiger partial charge in [-0.05, 0) is 48.7 Å². The highest BCUT2D eigenvalue weighted by molar-refractivity contribution is 8.14. The van der Waals surface area contributed by atoms with E-state index in [4.69, 9.17) is 24.2 Å². The molecule has 2 aliphatic heterocycles. The minimum Gasteiger partial charge on any atom is -0.493 e. The quantitative estimate of drug-likeness (QED) is 0.143. The molecule has 14 heteroatoms. The number of nitrogens with one attached hydrogen (secondary N) is 1. The monoisotopic (exact) mass is 802 g/mol. The van der Waals surface area contributed by atoms with Gasteiger partial charge in [0.2, 0.25) is 22.9 Å². The molecule has 5 aromatic rings. The standard InChI is InChI=1S/C44H46N6O7S/c1-29(28-58-43(54)32-13-8-5-9-14-32)41(52)50-20-10-15-36(50)40(51)46-39-34-25-37(55-2)38(56-3)26-35(34)45-44(47-39)49-23-21-48(22-24-49)42(53)31-16-18-33(19-17-31)57-27-30-11-6-4-7-12-30/h4-9,11-14,16-19,25-26,29,36H,10,15,20-24,27-28H2,1-3H3,(H,45,46,47,51). The number of anilines is 2. The summed E-state index contributed by atoms with van der Waals surface area (Å²) >= 11 is 1.10. The highest BCUT2D eigenvalue weighted by Gasteiger charge is 2.37. The lowest BCUT2D eigenvalue weighted by molar-refractivity contribution is -0.139. The number of thioether (sulfide) groups is 1. The number of fused-ring (bicyclic) bond motifs is 1. The number of carbonyl (C=O) groups excluding carboxylic acids is 4. The van der Waals surface area contributed by atoms with E-state index in [9.17, 15) is 19.2 Å². The van der Waals surface area contributed by atoms with E-state index in [0.717, 1.165) is 17.3 Å². The molecular weight excluding hydrogens is 757 g/mol. The number of carbonyl (C=O) groups is 4. The number of piperazine rings is 1. The number of rotatable bonds is 13. The molecule has 0 radical (unpaired) electrons. The van der Waals surface area contributed by atoms with Crippen LogP contribution in [-0.4, -0.2) is 101 Å². The van der Waals surface area contributed by atoms with E-state index >= 15 is 0 Å². The van der Waals surface area contributed by atoms with E-state index in [1.807, 2.05) is 53.4 Å². The molecule has 2 unspecified atom stereocenters. The largest absolute Gasteiger partial charge is 0.493 e. The van der Waals surface area contributed by atoms with Crippen LogP contribution in [0.25, 0.3) is 10.9 Å². The van der Waals surface area contributed by atoms with E-state index in [0.29, 0.717) is 103 Å². The summed E-state index contributed by atoms with van der Waals surface area (Å²) in [6.07, 6.45) is 1.16. The summed E-state index contributed by atoms with van der Waals surface area (Å²) in [7, 11) is 3.07. The molecule has 1 aromatic heterocycles. The van der Waals surface area contributed by atoms with Crippen LogP contribution in [0.1, 0.15) is 46.0 Å². The van der Waals surface area contributed by atoms with Crippen molar-refractivity contribution in [3.05, 3.63) is 114 Å². The minimum atomic E-state index is -0.711. The van der Waals surface area contributed by atoms with E-state index in [1.165, 1.54) is 7.11 Å². The second-order valence-corrected chi connectivity index (χ2v) is 15.2. The topological polar surface area (TPSA) is 144 Å². The van der Waals surface area contributed by atoms with Crippen molar-refractivity contribution in [2.45, 2.75) is 32.4 Å². The van der Waals surface area contributed by atoms with Gasteiger partial charge in [0.05, 0.1) is 19.7 Å². The van der Waals surface area contributed by atoms with Gasteiger partial charge in [0, 0.05) is 67.0 Å². The van der Waals surface area contributed by atoms with Gasteiger partial charge in [-0.15, -0.1) is 0 Å². The zero-order chi connectivity index (χ0) is 40.6. The van der Waals surface area contributed by atoms with Gasteiger partial charge >= 0.3 is 0 Å². The molecule has 13 nitrogen and oxygen atoms in total. The number of methoxy groups -OCH3 is 2. The van der Waals surface area contributed by atoms with E-state index in [2.05, 4.69) is 5.32 Å². The number of hydrogen-bond acceptors (Lipinski definition) is 11. The van der Waals surface area contributed by atoms with Crippen LogP contribution in [0.4, 0.5) is 11.8 Å². The van der Waals surface area contributed by atoms with Gasteiger partial charge in [-0.2, -0.15) is 4.98 Å². The maximum Gasteiger partial charge on any atom is 0.253 e. The fourth-order valence-corrected chi connectivity index (χ4v) is 7.97. The first-order chi connectivity index (χ1) is 28.2. The van der Waals surface area contributed by atoms with Crippen molar-refractivity contribution in [3.8, 4) is 17.2 Å². The second kappa shape index (κ2) is 18.4. The molecule has 2 fully saturated rings. The van der Waals surface area contributed by atoms with Crippen LogP contribution in [0.3, 0.4) is 0 Å². The Hall–Kier alpha value is -6.15. The Morgan fingerprint density at radius 2 is 1.48 bits per heavy atom. The molecule has 2 saturated heterocycles. The highest BCUT2D eigenvalue weighted by Crippen LogP contribution is 2.36. The maximum atomic E-state index is 14.0. The lowest BCUT2D eigenvalue weighted by atomic mass is 10.1. The van der Waals surface area contributed by atoms with Crippen LogP contribution >= 0.6 is 11.8 Å². The normalized spacial score (nSPS) is 15.8. The molecule has 1 N–H and O–H groups in total. The van der Waals surface area contributed by atoms with Gasteiger partial charge in [0.25, 0.3) is 5.91 Å². The van der Waals surface area contributed by atoms with E-state index in [-0.39, 0.29) is 28.7 Å². The molecule has 0 spiro atoms. The van der Waals surface area contributed by atoms with Gasteiger partial charge in [0.1, 0.15) is 24.2 Å². The van der Waals surface area contributed by atoms with Crippen molar-refractivity contribution in [2.24, 2.45) is 5.92 Å². The third-order valence-electron chi connectivity index (χ3n) is 10.4. The summed E-state index contributed by atoms with van der Waals surface area (Å²) in [5.41, 5.74) is 2.74. The first-order valence-electron chi connectivity index (χ1n) is 19.3. The molecule has 4 aromatic carbocycles. The predicted octanol–water partition coefficient (Wildman–Crippen LogP) is 6.33. The Morgan fingerprint density at radius 3 is 2.17 bits per heavy atom. The van der Waals surface area contributed by atoms with Gasteiger partial charge in [-0.1, -0.05) is 79.3 Å². The molecule has 2 aliphatic rings. The fraction of sp³-hybridized carbons (Fsp3) is 0.318. The first-order valence-corrected chi connectivity index (χ1v) is 20.3. The average molecular weight is 803 g/mol. The molecule has 2 atom stereocenters. The Bertz CT molecular complexity index is 2250. The molecule has 300 valence electrons. The van der Waals surface area contributed by atoms with Crippen molar-refractivity contribution < 1.29 is 33.4 Å². The Balaban J connectivity index is 1.03. The molecule has 0 aliphatic carbocycles. The number of aromatic nitrogens is 2. The number of ether oxygens (including phenoxy) is 3. The van der Waals surface area contributed by atoms with Crippen LogP contribution in [0.5, 0.6) is 17.2 Å².